The number of aliphatic hydroxyl groups is 2. The van der Waals surface area contributed by atoms with Crippen LogP contribution in [0, 0.1) is 0 Å². The van der Waals surface area contributed by atoms with E-state index in [-0.39, 0.29) is 36.2 Å². The third-order valence-corrected chi connectivity index (χ3v) is 5.28. The van der Waals surface area contributed by atoms with E-state index in [2.05, 4.69) is 0 Å². The highest BCUT2D eigenvalue weighted by Crippen LogP contribution is 2.27. The topological polar surface area (TPSA) is 104 Å². The Kier molecular flexibility index (Phi) is 4.89. The first kappa shape index (κ1) is 17.6. The van der Waals surface area contributed by atoms with Crippen molar-refractivity contribution < 1.29 is 24.3 Å². The predicted molar refractivity (Wildman–Crippen MR) is 91.8 cm³/mol. The summed E-state index contributed by atoms with van der Waals surface area (Å²) in [7, 11) is 0. The Balaban J connectivity index is 1.85. The van der Waals surface area contributed by atoms with E-state index in [4.69, 9.17) is 5.73 Å². The molecular formula is C18H24N3O4+. The average molecular weight is 346 g/mol. The molecule has 0 atom stereocenters. The van der Waals surface area contributed by atoms with Gasteiger partial charge in [-0.15, -0.1) is 0 Å². The molecule has 7 heteroatoms. The van der Waals surface area contributed by atoms with Gasteiger partial charge in [0.2, 0.25) is 11.6 Å². The van der Waals surface area contributed by atoms with Gasteiger partial charge in [-0.05, 0) is 0 Å². The van der Waals surface area contributed by atoms with Gasteiger partial charge in [-0.2, -0.15) is 0 Å². The molecule has 0 saturated carbocycles. The number of quaternary nitrogens is 1. The first-order valence-corrected chi connectivity index (χ1v) is 8.53. The molecule has 4 N–H and O–H groups in total. The number of Topliss-reactive ketones (excluding diaryl/α,β-unsaturated/α-hetero) is 2. The molecular weight excluding hydrogens is 322 g/mol. The number of allylic oxidation sites excluding steroid dienone is 2. The summed E-state index contributed by atoms with van der Waals surface area (Å²) in [5.41, 5.74) is 7.07. The summed E-state index contributed by atoms with van der Waals surface area (Å²) in [5, 5.41) is 18.6. The number of benzene rings is 1. The molecule has 0 amide bonds. The zero-order valence-electron chi connectivity index (χ0n) is 14.1. The van der Waals surface area contributed by atoms with E-state index in [0.717, 1.165) is 0 Å². The average Bonchev–Trinajstić information content (AvgIpc) is 2.62. The van der Waals surface area contributed by atoms with E-state index in [1.54, 1.807) is 24.3 Å². The lowest BCUT2D eigenvalue weighted by atomic mass is 9.89. The molecule has 1 aromatic rings. The number of ketones is 2. The molecule has 0 unspecified atom stereocenters. The summed E-state index contributed by atoms with van der Waals surface area (Å²) in [6.07, 6.45) is 0. The van der Waals surface area contributed by atoms with Crippen LogP contribution in [0.2, 0.25) is 0 Å². The van der Waals surface area contributed by atoms with Crippen LogP contribution in [-0.2, 0) is 0 Å². The van der Waals surface area contributed by atoms with Gasteiger partial charge in [0.05, 0.1) is 39.4 Å². The van der Waals surface area contributed by atoms with Gasteiger partial charge in [0.25, 0.3) is 0 Å². The second-order valence-corrected chi connectivity index (χ2v) is 6.64. The number of carbonyl (C=O) groups excluding carboxylic acids is 2. The molecule has 1 saturated heterocycles. The molecule has 1 aliphatic heterocycles. The van der Waals surface area contributed by atoms with Crippen molar-refractivity contribution in [2.45, 2.75) is 0 Å². The third kappa shape index (κ3) is 3.06. The maximum absolute atomic E-state index is 12.9. The Hall–Kier alpha value is -2.22. The summed E-state index contributed by atoms with van der Waals surface area (Å²) >= 11 is 0. The van der Waals surface area contributed by atoms with Crippen LogP contribution in [0.15, 0.2) is 35.7 Å². The van der Waals surface area contributed by atoms with Crippen LogP contribution in [0.3, 0.4) is 0 Å². The highest BCUT2D eigenvalue weighted by molar-refractivity contribution is 6.26. The molecule has 3 rings (SSSR count). The zero-order valence-corrected chi connectivity index (χ0v) is 14.1. The van der Waals surface area contributed by atoms with E-state index in [1.165, 1.54) is 0 Å². The standard InChI is InChI=1S/C18H23N3O4/c19-15-16(18(25)14-4-2-1-3-13(14)17(15)24)20-5-7-21(8-6-20,9-11-22)10-12-23/h1-4,22-23H,5-12H2,(H-,19,25)/p+1. The molecule has 1 aliphatic carbocycles. The smallest absolute Gasteiger partial charge is 0.212 e. The van der Waals surface area contributed by atoms with Gasteiger partial charge in [0, 0.05) is 11.1 Å². The highest BCUT2D eigenvalue weighted by Gasteiger charge is 2.38. The van der Waals surface area contributed by atoms with Crippen molar-refractivity contribution >= 4 is 11.6 Å². The van der Waals surface area contributed by atoms with Crippen LogP contribution in [0.1, 0.15) is 20.7 Å². The summed E-state index contributed by atoms with van der Waals surface area (Å²) in [6.45, 7) is 3.71. The van der Waals surface area contributed by atoms with Crippen molar-refractivity contribution in [1.29, 1.82) is 0 Å². The number of nitrogens with zero attached hydrogens (tertiary/aromatic N) is 2. The fourth-order valence-corrected chi connectivity index (χ4v) is 3.79. The number of rotatable bonds is 5. The monoisotopic (exact) mass is 346 g/mol. The molecule has 0 radical (unpaired) electrons. The Morgan fingerprint density at radius 2 is 1.48 bits per heavy atom. The second kappa shape index (κ2) is 6.95. The van der Waals surface area contributed by atoms with Crippen LogP contribution in [0.5, 0.6) is 0 Å². The van der Waals surface area contributed by atoms with Crippen molar-refractivity contribution in [2.75, 3.05) is 52.5 Å². The van der Waals surface area contributed by atoms with Crippen molar-refractivity contribution in [1.82, 2.24) is 4.90 Å². The summed E-state index contributed by atoms with van der Waals surface area (Å²) in [5.74, 6) is -0.515. The number of hydrogen-bond donors (Lipinski definition) is 3. The fourth-order valence-electron chi connectivity index (χ4n) is 3.79. The third-order valence-electron chi connectivity index (χ3n) is 5.28. The Bertz CT molecular complexity index is 713. The van der Waals surface area contributed by atoms with Gasteiger partial charge >= 0.3 is 0 Å². The Labute approximate surface area is 146 Å². The SMILES string of the molecule is NC1=C(N2CC[N+](CCO)(CCO)CC2)C(=O)c2ccccc2C1=O. The zero-order chi connectivity index (χ0) is 18.0. The lowest BCUT2D eigenvalue weighted by molar-refractivity contribution is -0.932. The van der Waals surface area contributed by atoms with Crippen molar-refractivity contribution in [3.05, 3.63) is 46.8 Å². The van der Waals surface area contributed by atoms with Crippen LogP contribution < -0.4 is 5.73 Å². The minimum absolute atomic E-state index is 0.00742. The van der Waals surface area contributed by atoms with Crippen molar-refractivity contribution in [3.8, 4) is 0 Å². The molecule has 2 aliphatic rings. The molecule has 7 nitrogen and oxygen atoms in total. The highest BCUT2D eigenvalue weighted by atomic mass is 16.3. The lowest BCUT2D eigenvalue weighted by Gasteiger charge is -2.45. The van der Waals surface area contributed by atoms with Crippen molar-refractivity contribution in [2.24, 2.45) is 5.73 Å². The first-order valence-electron chi connectivity index (χ1n) is 8.53. The van der Waals surface area contributed by atoms with E-state index >= 15 is 0 Å². The quantitative estimate of drug-likeness (QED) is 0.613. The maximum atomic E-state index is 12.9. The van der Waals surface area contributed by atoms with Crippen LogP contribution in [-0.4, -0.2) is 83.6 Å². The molecule has 1 fully saturated rings. The predicted octanol–water partition coefficient (Wildman–Crippen LogP) is -0.647. The number of aliphatic hydroxyl groups excluding tert-OH is 2. The lowest BCUT2D eigenvalue weighted by Crippen LogP contribution is -2.62. The molecule has 0 spiro atoms. The second-order valence-electron chi connectivity index (χ2n) is 6.64. The molecule has 1 aromatic carbocycles. The van der Waals surface area contributed by atoms with Gasteiger partial charge in [0.1, 0.15) is 24.5 Å². The number of fused-ring (bicyclic) bond motifs is 1. The van der Waals surface area contributed by atoms with Crippen molar-refractivity contribution in [3.63, 3.8) is 0 Å². The Morgan fingerprint density at radius 1 is 0.960 bits per heavy atom. The molecule has 0 bridgehead atoms. The summed E-state index contributed by atoms with van der Waals surface area (Å²) in [4.78, 5) is 27.3. The number of hydrogen-bond acceptors (Lipinski definition) is 6. The van der Waals surface area contributed by atoms with E-state index < -0.39 is 0 Å². The Morgan fingerprint density at radius 3 is 2.00 bits per heavy atom. The summed E-state index contributed by atoms with van der Waals surface area (Å²) in [6, 6.07) is 6.74. The van der Waals surface area contributed by atoms with Gasteiger partial charge in [-0.3, -0.25) is 9.59 Å². The first-order chi connectivity index (χ1) is 12.0. The van der Waals surface area contributed by atoms with Gasteiger partial charge in [-0.25, -0.2) is 0 Å². The summed E-state index contributed by atoms with van der Waals surface area (Å²) < 4.78 is 0.607. The van der Waals surface area contributed by atoms with Crippen LogP contribution in [0.25, 0.3) is 0 Å². The molecule has 134 valence electrons. The van der Waals surface area contributed by atoms with E-state index in [9.17, 15) is 19.8 Å². The van der Waals surface area contributed by atoms with E-state index in [1.807, 2.05) is 4.90 Å². The largest absolute Gasteiger partial charge is 0.394 e. The normalized spacial score (nSPS) is 20.0. The minimum Gasteiger partial charge on any atom is -0.394 e. The molecule has 25 heavy (non-hydrogen) atoms. The maximum Gasteiger partial charge on any atom is 0.212 e. The fraction of sp³-hybridized carbons (Fsp3) is 0.444. The molecule has 1 heterocycles. The number of carbonyl (C=O) groups is 2. The van der Waals surface area contributed by atoms with Gasteiger partial charge in [-0.1, -0.05) is 24.3 Å². The number of nitrogens with two attached hydrogens (primary N) is 1. The van der Waals surface area contributed by atoms with Crippen LogP contribution >= 0.6 is 0 Å². The van der Waals surface area contributed by atoms with Gasteiger partial charge < -0.3 is 25.3 Å². The van der Waals surface area contributed by atoms with Gasteiger partial charge in [0.15, 0.2) is 0 Å². The van der Waals surface area contributed by atoms with E-state index in [0.29, 0.717) is 54.9 Å². The molecule has 0 aromatic heterocycles. The number of piperazine rings is 1. The van der Waals surface area contributed by atoms with Crippen LogP contribution in [0.4, 0.5) is 0 Å². The minimum atomic E-state index is -0.303.